The van der Waals surface area contributed by atoms with Crippen molar-refractivity contribution < 1.29 is 9.53 Å². The molecule has 0 spiro atoms. The average molecular weight is 309 g/mol. The maximum Gasteiger partial charge on any atom is 0.410 e. The van der Waals surface area contributed by atoms with Gasteiger partial charge in [-0.3, -0.25) is 0 Å². The molecule has 0 aromatic heterocycles. The van der Waals surface area contributed by atoms with Crippen molar-refractivity contribution in [2.24, 2.45) is 11.8 Å². The molecule has 0 unspecified atom stereocenters. The number of hydrogen-bond donors (Lipinski definition) is 1. The van der Waals surface area contributed by atoms with Crippen molar-refractivity contribution in [1.82, 2.24) is 15.1 Å². The molecule has 22 heavy (non-hydrogen) atoms. The molecule has 0 aromatic carbocycles. The zero-order valence-corrected chi connectivity index (χ0v) is 14.3. The van der Waals surface area contributed by atoms with Crippen LogP contribution in [-0.2, 0) is 4.74 Å². The minimum absolute atomic E-state index is 0.108. The summed E-state index contributed by atoms with van der Waals surface area (Å²) in [6.45, 7) is 12.5. The van der Waals surface area contributed by atoms with Crippen molar-refractivity contribution in [3.63, 3.8) is 0 Å². The molecule has 3 aliphatic heterocycles. The summed E-state index contributed by atoms with van der Waals surface area (Å²) in [6, 6.07) is 0.396. The van der Waals surface area contributed by atoms with Crippen molar-refractivity contribution in [1.29, 1.82) is 0 Å². The van der Waals surface area contributed by atoms with Gasteiger partial charge in [0.1, 0.15) is 5.60 Å². The number of fused-ring (bicyclic) bond motifs is 3. The second-order valence-corrected chi connectivity index (χ2v) is 8.17. The van der Waals surface area contributed by atoms with Gasteiger partial charge in [-0.1, -0.05) is 0 Å². The number of piperazine rings is 1. The van der Waals surface area contributed by atoms with E-state index in [9.17, 15) is 4.79 Å². The van der Waals surface area contributed by atoms with Crippen LogP contribution in [0.2, 0.25) is 0 Å². The molecule has 4 fully saturated rings. The summed E-state index contributed by atoms with van der Waals surface area (Å²) in [5, 5.41) is 3.42. The normalized spacial score (nSPS) is 33.0. The lowest BCUT2D eigenvalue weighted by atomic mass is 9.72. The first kappa shape index (κ1) is 16.1. The zero-order valence-electron chi connectivity index (χ0n) is 14.3. The Hall–Kier alpha value is -0.810. The summed E-state index contributed by atoms with van der Waals surface area (Å²) in [5.74, 6) is 1.42. The molecule has 3 saturated heterocycles. The van der Waals surface area contributed by atoms with Gasteiger partial charge in [-0.25, -0.2) is 4.79 Å². The Bertz CT molecular complexity index is 401. The molecule has 5 heteroatoms. The minimum Gasteiger partial charge on any atom is -0.444 e. The summed E-state index contributed by atoms with van der Waals surface area (Å²) in [7, 11) is 0. The van der Waals surface area contributed by atoms with Gasteiger partial charge in [0.2, 0.25) is 0 Å². The van der Waals surface area contributed by atoms with Crippen LogP contribution >= 0.6 is 0 Å². The van der Waals surface area contributed by atoms with Crippen LogP contribution in [0.3, 0.4) is 0 Å². The fourth-order valence-corrected chi connectivity index (χ4v) is 4.22. The summed E-state index contributed by atoms with van der Waals surface area (Å²) < 4.78 is 5.58. The molecule has 126 valence electrons. The van der Waals surface area contributed by atoms with Crippen LogP contribution in [0.5, 0.6) is 0 Å². The molecule has 1 amide bonds. The summed E-state index contributed by atoms with van der Waals surface area (Å²) >= 11 is 0. The highest BCUT2D eigenvalue weighted by molar-refractivity contribution is 5.69. The maximum atomic E-state index is 12.4. The van der Waals surface area contributed by atoms with Crippen LogP contribution in [0.1, 0.15) is 40.0 Å². The third-order valence-corrected chi connectivity index (χ3v) is 5.31. The van der Waals surface area contributed by atoms with Crippen LogP contribution in [0, 0.1) is 11.8 Å². The van der Waals surface area contributed by atoms with Crippen LogP contribution in [0.4, 0.5) is 4.79 Å². The smallest absolute Gasteiger partial charge is 0.410 e. The second kappa shape index (κ2) is 6.36. The predicted octanol–water partition coefficient (Wildman–Crippen LogP) is 1.93. The van der Waals surface area contributed by atoms with Crippen LogP contribution in [-0.4, -0.2) is 66.8 Å². The Morgan fingerprint density at radius 1 is 1.23 bits per heavy atom. The van der Waals surface area contributed by atoms with Crippen molar-refractivity contribution in [2.45, 2.75) is 51.7 Å². The van der Waals surface area contributed by atoms with Gasteiger partial charge < -0.3 is 19.9 Å². The Kier molecular flexibility index (Phi) is 4.64. The van der Waals surface area contributed by atoms with Crippen molar-refractivity contribution in [3.8, 4) is 0 Å². The van der Waals surface area contributed by atoms with E-state index in [0.29, 0.717) is 12.0 Å². The molecular formula is C17H31N3O2. The lowest BCUT2D eigenvalue weighted by Crippen LogP contribution is -2.57. The van der Waals surface area contributed by atoms with Gasteiger partial charge >= 0.3 is 6.09 Å². The van der Waals surface area contributed by atoms with Crippen molar-refractivity contribution >= 4 is 6.09 Å². The number of amides is 1. The van der Waals surface area contributed by atoms with Crippen molar-refractivity contribution in [3.05, 3.63) is 0 Å². The second-order valence-electron chi connectivity index (χ2n) is 8.17. The topological polar surface area (TPSA) is 44.8 Å². The highest BCUT2D eigenvalue weighted by Crippen LogP contribution is 2.40. The number of nitrogens with one attached hydrogen (secondary N) is 1. The molecule has 1 N–H and O–H groups in total. The standard InChI is InChI=1S/C17H31N3O2/c1-17(2,3)22-16(21)20-12-13-4-5-15(20)10-14(13)11-19-8-6-18-7-9-19/h13-15,18H,4-12H2,1-3H3/t13-,14+,15-/m1/s1. The maximum absolute atomic E-state index is 12.4. The number of piperidine rings is 2. The summed E-state index contributed by atoms with van der Waals surface area (Å²) in [4.78, 5) is 17.0. The molecule has 4 aliphatic rings. The highest BCUT2D eigenvalue weighted by atomic mass is 16.6. The largest absolute Gasteiger partial charge is 0.444 e. The molecular weight excluding hydrogens is 278 g/mol. The predicted molar refractivity (Wildman–Crippen MR) is 86.9 cm³/mol. The van der Waals surface area contributed by atoms with Gasteiger partial charge in [0.15, 0.2) is 0 Å². The summed E-state index contributed by atoms with van der Waals surface area (Å²) in [6.07, 6.45) is 3.49. The van der Waals surface area contributed by atoms with E-state index in [1.807, 2.05) is 25.7 Å². The van der Waals surface area contributed by atoms with Gasteiger partial charge in [-0.2, -0.15) is 0 Å². The number of ether oxygens (including phenoxy) is 1. The molecule has 1 saturated carbocycles. The van der Waals surface area contributed by atoms with Gasteiger partial charge in [0.05, 0.1) is 0 Å². The Labute approximate surface area is 134 Å². The van der Waals surface area contributed by atoms with E-state index in [-0.39, 0.29) is 6.09 Å². The van der Waals surface area contributed by atoms with E-state index in [1.54, 1.807) is 0 Å². The first-order valence-corrected chi connectivity index (χ1v) is 8.85. The third kappa shape index (κ3) is 3.74. The number of carbonyl (C=O) groups excluding carboxylic acids is 1. The molecule has 1 aliphatic carbocycles. The van der Waals surface area contributed by atoms with E-state index < -0.39 is 5.60 Å². The van der Waals surface area contributed by atoms with Crippen LogP contribution < -0.4 is 5.32 Å². The van der Waals surface area contributed by atoms with E-state index in [0.717, 1.165) is 38.4 Å². The summed E-state index contributed by atoms with van der Waals surface area (Å²) in [5.41, 5.74) is -0.395. The quantitative estimate of drug-likeness (QED) is 0.846. The van der Waals surface area contributed by atoms with Crippen LogP contribution in [0.15, 0.2) is 0 Å². The third-order valence-electron chi connectivity index (χ3n) is 5.31. The Balaban J connectivity index is 1.55. The average Bonchev–Trinajstić information content (AvgIpc) is 2.47. The minimum atomic E-state index is -0.395. The molecule has 5 nitrogen and oxygen atoms in total. The first-order chi connectivity index (χ1) is 10.4. The van der Waals surface area contributed by atoms with E-state index >= 15 is 0 Å². The van der Waals surface area contributed by atoms with E-state index in [2.05, 4.69) is 10.2 Å². The molecule has 3 atom stereocenters. The lowest BCUT2D eigenvalue weighted by molar-refractivity contribution is -0.0347. The van der Waals surface area contributed by atoms with E-state index in [4.69, 9.17) is 4.74 Å². The number of nitrogens with zero attached hydrogens (tertiary/aromatic N) is 2. The first-order valence-electron chi connectivity index (χ1n) is 8.85. The molecule has 0 radical (unpaired) electrons. The number of carbonyl (C=O) groups is 1. The van der Waals surface area contributed by atoms with Crippen LogP contribution in [0.25, 0.3) is 0 Å². The fraction of sp³-hybridized carbons (Fsp3) is 0.941. The molecule has 2 bridgehead atoms. The van der Waals surface area contributed by atoms with E-state index in [1.165, 1.54) is 26.1 Å². The van der Waals surface area contributed by atoms with Gasteiger partial charge in [-0.15, -0.1) is 0 Å². The molecule has 4 rings (SSSR count). The number of hydrogen-bond acceptors (Lipinski definition) is 4. The van der Waals surface area contributed by atoms with Crippen molar-refractivity contribution in [2.75, 3.05) is 39.3 Å². The lowest BCUT2D eigenvalue weighted by Gasteiger charge is -2.50. The van der Waals surface area contributed by atoms with Gasteiger partial charge in [-0.05, 0) is 51.9 Å². The SMILES string of the molecule is CC(C)(C)OC(=O)N1C[C@H]2CC[C@@H]1C[C@H]2CN1CCNCC1. The number of rotatable bonds is 2. The van der Waals surface area contributed by atoms with Gasteiger partial charge in [0, 0.05) is 45.3 Å². The molecule has 3 heterocycles. The Morgan fingerprint density at radius 2 is 1.95 bits per heavy atom. The highest BCUT2D eigenvalue weighted by Gasteiger charge is 2.43. The fourth-order valence-electron chi connectivity index (χ4n) is 4.22. The zero-order chi connectivity index (χ0) is 15.7. The monoisotopic (exact) mass is 309 g/mol. The molecule has 0 aromatic rings. The van der Waals surface area contributed by atoms with Gasteiger partial charge in [0.25, 0.3) is 0 Å². The Morgan fingerprint density at radius 3 is 2.55 bits per heavy atom.